The molecule has 2 aliphatic carbocycles. The second-order valence-corrected chi connectivity index (χ2v) is 17.9. The summed E-state index contributed by atoms with van der Waals surface area (Å²) in [6.07, 6.45) is 14.7. The van der Waals surface area contributed by atoms with Gasteiger partial charge < -0.3 is 34.2 Å². The van der Waals surface area contributed by atoms with Crippen LogP contribution < -0.4 is 9.47 Å². The first kappa shape index (κ1) is 48.2. The fraction of sp³-hybridized carbons (Fsp3) is 0.396. The molecule has 0 bridgehead atoms. The Kier molecular flexibility index (Phi) is 16.9. The van der Waals surface area contributed by atoms with Crippen LogP contribution in [0.25, 0.3) is 6.08 Å². The van der Waals surface area contributed by atoms with Crippen LogP contribution in [-0.4, -0.2) is 76.1 Å². The number of amides is 1. The van der Waals surface area contributed by atoms with Gasteiger partial charge >= 0.3 is 0 Å². The molecular formula is C53H61N3O9S. The number of fused-ring (bicyclic) bond motifs is 2. The van der Waals surface area contributed by atoms with Gasteiger partial charge in [-0.3, -0.25) is 14.9 Å². The second kappa shape index (κ2) is 23.1. The summed E-state index contributed by atoms with van der Waals surface area (Å²) < 4.78 is 21.1. The number of unbranched alkanes of at least 4 members (excludes halogenated alkanes) is 2. The highest BCUT2D eigenvalue weighted by atomic mass is 32.2. The number of non-ortho nitro benzene ring substituents is 1. The summed E-state index contributed by atoms with van der Waals surface area (Å²) in [7, 11) is 0. The SMILES string of the molecule is C=CCO[C@@]12Oc3ccc(Oc4ccc(SC)cc4)cc3[C@H]3[C@H](CCCCO)[C@@H](CCCCO)C=C(C(=NOCc4ccccc4)C[C@@H]1N(CCC)C(=O)C=Cc1ccc([N+](=O)[O-])cc1)[C@H]32. The largest absolute Gasteiger partial charge is 0.459 e. The van der Waals surface area contributed by atoms with E-state index in [-0.39, 0.29) is 62.2 Å². The Morgan fingerprint density at radius 3 is 2.39 bits per heavy atom. The minimum atomic E-state index is -1.43. The topological polar surface area (TPSA) is 153 Å². The minimum Gasteiger partial charge on any atom is -0.459 e. The summed E-state index contributed by atoms with van der Waals surface area (Å²) >= 11 is 1.66. The van der Waals surface area contributed by atoms with E-state index < -0.39 is 22.7 Å². The number of hydrogen-bond acceptors (Lipinski definition) is 11. The molecule has 1 aliphatic heterocycles. The number of nitro benzene ring substituents is 1. The lowest BCUT2D eigenvalue weighted by atomic mass is 9.55. The number of thioether (sulfide) groups is 1. The number of ether oxygens (including phenoxy) is 3. The Morgan fingerprint density at radius 1 is 0.985 bits per heavy atom. The molecule has 0 saturated heterocycles. The molecule has 3 aliphatic rings. The van der Waals surface area contributed by atoms with Gasteiger partial charge in [-0.05, 0) is 128 Å². The van der Waals surface area contributed by atoms with E-state index in [1.165, 1.54) is 18.2 Å². The number of rotatable bonds is 23. The number of nitro groups is 1. The smallest absolute Gasteiger partial charge is 0.269 e. The molecule has 6 atom stereocenters. The maximum Gasteiger partial charge on any atom is 0.269 e. The lowest BCUT2D eigenvalue weighted by Crippen LogP contribution is -2.70. The average molecular weight is 916 g/mol. The van der Waals surface area contributed by atoms with E-state index in [9.17, 15) is 25.1 Å². The Morgan fingerprint density at radius 2 is 1.71 bits per heavy atom. The molecule has 66 heavy (non-hydrogen) atoms. The molecule has 13 heteroatoms. The molecule has 1 saturated carbocycles. The van der Waals surface area contributed by atoms with Crippen molar-refractivity contribution < 1.29 is 39.0 Å². The second-order valence-electron chi connectivity index (χ2n) is 17.0. The first-order valence-electron chi connectivity index (χ1n) is 23.0. The van der Waals surface area contributed by atoms with Crippen LogP contribution in [0.1, 0.15) is 80.9 Å². The Bertz CT molecular complexity index is 2350. The normalized spacial score (nSPS) is 22.5. The van der Waals surface area contributed by atoms with E-state index in [1.54, 1.807) is 36.0 Å². The van der Waals surface area contributed by atoms with Crippen molar-refractivity contribution in [1.82, 2.24) is 4.90 Å². The van der Waals surface area contributed by atoms with Gasteiger partial charge in [0.15, 0.2) is 0 Å². The van der Waals surface area contributed by atoms with Gasteiger partial charge in [0, 0.05) is 60.8 Å². The third-order valence-electron chi connectivity index (χ3n) is 12.8. The highest BCUT2D eigenvalue weighted by Crippen LogP contribution is 2.62. The number of hydrogen-bond donors (Lipinski definition) is 2. The molecule has 0 aromatic heterocycles. The van der Waals surface area contributed by atoms with Gasteiger partial charge in [-0.15, -0.1) is 18.3 Å². The lowest BCUT2D eigenvalue weighted by Gasteiger charge is -2.60. The van der Waals surface area contributed by atoms with Gasteiger partial charge in [0.2, 0.25) is 11.7 Å². The number of benzene rings is 4. The standard InChI is InChI=1S/C53H61N3O9S/c1-4-29-55(50(59)28-19-37-17-20-40(21-18-37)56(60)61)49-35-47(54-63-36-38-13-7-6-8-14-38)45-33-39(15-9-11-30-57)44(16-10-12-31-58)51-46-34-42(64-41-22-25-43(66-3)26-23-41)24-27-48(46)65-53(49,52(45)51)62-32-5-2/h5-8,13-14,17-28,33-34,39,44,49,51-52,57-58H,2,4,9-12,15-16,29-32,35-36H2,1,3H3/t39-,44+,49-,51+,52+,53+/m0/s1. The summed E-state index contributed by atoms with van der Waals surface area (Å²) in [5.41, 5.74) is 4.16. The molecule has 348 valence electrons. The summed E-state index contributed by atoms with van der Waals surface area (Å²) in [6, 6.07) is 29.2. The predicted molar refractivity (Wildman–Crippen MR) is 259 cm³/mol. The number of nitrogens with zero attached hydrogens (tertiary/aromatic N) is 3. The maximum atomic E-state index is 14.8. The molecule has 4 aromatic carbocycles. The van der Waals surface area contributed by atoms with Gasteiger partial charge in [0.05, 0.1) is 23.2 Å². The molecular weight excluding hydrogens is 855 g/mol. The summed E-state index contributed by atoms with van der Waals surface area (Å²) in [4.78, 5) is 34.9. The van der Waals surface area contributed by atoms with Crippen molar-refractivity contribution in [2.24, 2.45) is 22.9 Å². The molecule has 1 amide bonds. The van der Waals surface area contributed by atoms with Crippen LogP contribution in [0.5, 0.6) is 17.2 Å². The number of carbonyl (C=O) groups excluding carboxylic acids is 1. The molecule has 4 aromatic rings. The van der Waals surface area contributed by atoms with Crippen molar-refractivity contribution >= 4 is 35.1 Å². The van der Waals surface area contributed by atoms with Gasteiger partial charge in [0.1, 0.15) is 29.9 Å². The van der Waals surface area contributed by atoms with Crippen LogP contribution >= 0.6 is 11.8 Å². The Labute approximate surface area is 392 Å². The molecule has 0 unspecified atom stereocenters. The van der Waals surface area contributed by atoms with Crippen molar-refractivity contribution in [3.05, 3.63) is 154 Å². The molecule has 12 nitrogen and oxygen atoms in total. The van der Waals surface area contributed by atoms with Crippen molar-refractivity contribution in [3.63, 3.8) is 0 Å². The molecule has 1 heterocycles. The van der Waals surface area contributed by atoms with E-state index >= 15 is 0 Å². The van der Waals surface area contributed by atoms with Crippen LogP contribution in [0.15, 0.2) is 137 Å². The van der Waals surface area contributed by atoms with Crippen molar-refractivity contribution in [3.8, 4) is 17.2 Å². The van der Waals surface area contributed by atoms with Crippen LogP contribution in [0.2, 0.25) is 0 Å². The van der Waals surface area contributed by atoms with E-state index in [0.717, 1.165) is 47.3 Å². The third-order valence-corrected chi connectivity index (χ3v) is 13.6. The minimum absolute atomic E-state index is 0.0367. The number of aliphatic hydroxyl groups excluding tert-OH is 2. The highest BCUT2D eigenvalue weighted by Gasteiger charge is 2.65. The monoisotopic (exact) mass is 915 g/mol. The summed E-state index contributed by atoms with van der Waals surface area (Å²) in [6.45, 7) is 6.99. The number of carbonyl (C=O) groups is 1. The summed E-state index contributed by atoms with van der Waals surface area (Å²) in [5.74, 6) is -0.331. The molecule has 1 fully saturated rings. The fourth-order valence-corrected chi connectivity index (χ4v) is 10.3. The fourth-order valence-electron chi connectivity index (χ4n) is 9.88. The van der Waals surface area contributed by atoms with Crippen LogP contribution in [-0.2, 0) is 21.0 Å². The van der Waals surface area contributed by atoms with E-state index in [2.05, 4.69) is 18.7 Å². The van der Waals surface area contributed by atoms with E-state index in [0.29, 0.717) is 54.3 Å². The van der Waals surface area contributed by atoms with Gasteiger partial charge in [-0.1, -0.05) is 67.4 Å². The maximum absolute atomic E-state index is 14.8. The number of aliphatic hydroxyl groups is 2. The summed E-state index contributed by atoms with van der Waals surface area (Å²) in [5, 5.41) is 36.3. The van der Waals surface area contributed by atoms with E-state index in [1.807, 2.05) is 84.8 Å². The average Bonchev–Trinajstić information content (AvgIpc) is 3.34. The number of oxime groups is 1. The Hall–Kier alpha value is -5.73. The first-order valence-corrected chi connectivity index (χ1v) is 24.2. The zero-order chi connectivity index (χ0) is 46.5. The zero-order valence-corrected chi connectivity index (χ0v) is 38.7. The van der Waals surface area contributed by atoms with Crippen molar-refractivity contribution in [1.29, 1.82) is 0 Å². The number of allylic oxidation sites excluding steroid dienone is 1. The van der Waals surface area contributed by atoms with Crippen molar-refractivity contribution in [2.45, 2.75) is 87.5 Å². The van der Waals surface area contributed by atoms with Crippen LogP contribution in [0, 0.1) is 27.9 Å². The van der Waals surface area contributed by atoms with Gasteiger partial charge in [0.25, 0.3) is 5.69 Å². The molecule has 7 rings (SSSR count). The molecule has 0 spiro atoms. The molecule has 2 N–H and O–H groups in total. The van der Waals surface area contributed by atoms with Crippen LogP contribution in [0.3, 0.4) is 0 Å². The van der Waals surface area contributed by atoms with E-state index in [4.69, 9.17) is 24.2 Å². The highest BCUT2D eigenvalue weighted by molar-refractivity contribution is 7.98. The lowest BCUT2D eigenvalue weighted by molar-refractivity contribution is -0.384. The van der Waals surface area contributed by atoms with Gasteiger partial charge in [-0.2, -0.15) is 0 Å². The van der Waals surface area contributed by atoms with Gasteiger partial charge in [-0.25, -0.2) is 0 Å². The first-order chi connectivity index (χ1) is 32.2. The Balaban J connectivity index is 1.41. The zero-order valence-electron chi connectivity index (χ0n) is 37.8. The quantitative estimate of drug-likeness (QED) is 0.0184. The third kappa shape index (κ3) is 11.1. The predicted octanol–water partition coefficient (Wildman–Crippen LogP) is 10.9. The molecule has 0 radical (unpaired) electrons. The van der Waals surface area contributed by atoms with Crippen molar-refractivity contribution in [2.75, 3.05) is 32.6 Å². The van der Waals surface area contributed by atoms with Crippen LogP contribution in [0.4, 0.5) is 5.69 Å².